The van der Waals surface area contributed by atoms with Crippen molar-refractivity contribution in [3.8, 4) is 11.5 Å². The Bertz CT molecular complexity index is 625. The molecule has 0 aromatic heterocycles. The van der Waals surface area contributed by atoms with Crippen LogP contribution in [0.5, 0.6) is 11.5 Å². The molecule has 7 nitrogen and oxygen atoms in total. The smallest absolute Gasteiger partial charge is 0.325 e. The summed E-state index contributed by atoms with van der Waals surface area (Å²) in [6.07, 6.45) is 3.35. The molecule has 3 rings (SSSR count). The molecule has 1 heterocycles. The van der Waals surface area contributed by atoms with Gasteiger partial charge in [0.05, 0.1) is 13.7 Å². The van der Waals surface area contributed by atoms with Crippen molar-refractivity contribution in [1.29, 1.82) is 0 Å². The lowest BCUT2D eigenvalue weighted by molar-refractivity contribution is -0.133. The van der Waals surface area contributed by atoms with Crippen molar-refractivity contribution < 1.29 is 24.2 Å². The van der Waals surface area contributed by atoms with Crippen molar-refractivity contribution in [3.05, 3.63) is 24.3 Å². The summed E-state index contributed by atoms with van der Waals surface area (Å²) in [4.78, 5) is 25.9. The van der Waals surface area contributed by atoms with Gasteiger partial charge in [0.1, 0.15) is 29.7 Å². The number of nitrogens with one attached hydrogen (secondary N) is 1. The van der Waals surface area contributed by atoms with Crippen molar-refractivity contribution in [2.24, 2.45) is 0 Å². The van der Waals surface area contributed by atoms with Crippen LogP contribution in [0.2, 0.25) is 0 Å². The summed E-state index contributed by atoms with van der Waals surface area (Å²) in [5.41, 5.74) is -0.758. The fraction of sp³-hybridized carbons (Fsp3) is 0.556. The molecule has 2 aliphatic rings. The quantitative estimate of drug-likeness (QED) is 0.764. The fourth-order valence-corrected chi connectivity index (χ4v) is 3.46. The van der Waals surface area contributed by atoms with E-state index in [-0.39, 0.29) is 19.1 Å². The van der Waals surface area contributed by atoms with Gasteiger partial charge in [0.2, 0.25) is 0 Å². The van der Waals surface area contributed by atoms with Gasteiger partial charge in [-0.3, -0.25) is 9.69 Å². The van der Waals surface area contributed by atoms with Crippen LogP contribution >= 0.6 is 0 Å². The van der Waals surface area contributed by atoms with E-state index in [1.807, 2.05) is 0 Å². The molecule has 1 saturated carbocycles. The van der Waals surface area contributed by atoms with Crippen LogP contribution in [0, 0.1) is 0 Å². The summed E-state index contributed by atoms with van der Waals surface area (Å²) in [5.74, 6) is 1.08. The van der Waals surface area contributed by atoms with Crippen LogP contribution in [0.15, 0.2) is 24.3 Å². The second kappa shape index (κ2) is 7.31. The zero-order valence-electron chi connectivity index (χ0n) is 14.4. The molecule has 1 aromatic carbocycles. The number of benzene rings is 1. The number of hydrogen-bond donors (Lipinski definition) is 2. The summed E-state index contributed by atoms with van der Waals surface area (Å²) in [5, 5.41) is 13.0. The average Bonchev–Trinajstić information content (AvgIpc) is 2.85. The van der Waals surface area contributed by atoms with Gasteiger partial charge in [-0.25, -0.2) is 4.79 Å². The van der Waals surface area contributed by atoms with Crippen molar-refractivity contribution >= 4 is 11.9 Å². The molecule has 3 amide bonds. The van der Waals surface area contributed by atoms with Gasteiger partial charge in [-0.05, 0) is 37.1 Å². The van der Waals surface area contributed by atoms with E-state index in [0.29, 0.717) is 24.3 Å². The van der Waals surface area contributed by atoms with E-state index in [9.17, 15) is 14.7 Å². The molecule has 136 valence electrons. The highest BCUT2D eigenvalue weighted by Crippen LogP contribution is 2.33. The predicted molar refractivity (Wildman–Crippen MR) is 90.6 cm³/mol. The Kier molecular flexibility index (Phi) is 5.13. The van der Waals surface area contributed by atoms with Gasteiger partial charge in [-0.2, -0.15) is 0 Å². The molecule has 1 aliphatic carbocycles. The minimum absolute atomic E-state index is 0.00358. The van der Waals surface area contributed by atoms with Gasteiger partial charge in [-0.1, -0.05) is 19.3 Å². The first-order valence-electron chi connectivity index (χ1n) is 8.63. The Morgan fingerprint density at radius 2 is 1.80 bits per heavy atom. The monoisotopic (exact) mass is 348 g/mol. The molecule has 0 unspecified atom stereocenters. The number of rotatable bonds is 6. The number of urea groups is 1. The number of aliphatic hydroxyl groups is 1. The van der Waals surface area contributed by atoms with Gasteiger partial charge in [-0.15, -0.1) is 0 Å². The number of ether oxygens (including phenoxy) is 2. The number of carbonyl (C=O) groups excluding carboxylic acids is 2. The first kappa shape index (κ1) is 17.5. The second-order valence-corrected chi connectivity index (χ2v) is 6.63. The van der Waals surface area contributed by atoms with Crippen molar-refractivity contribution in [3.63, 3.8) is 0 Å². The second-order valence-electron chi connectivity index (χ2n) is 6.63. The van der Waals surface area contributed by atoms with E-state index in [0.717, 1.165) is 24.2 Å². The number of hydrogen-bond acceptors (Lipinski definition) is 5. The van der Waals surface area contributed by atoms with E-state index in [1.54, 1.807) is 31.4 Å². The molecule has 0 radical (unpaired) electrons. The molecular weight excluding hydrogens is 324 g/mol. The van der Waals surface area contributed by atoms with Gasteiger partial charge < -0.3 is 19.9 Å². The van der Waals surface area contributed by atoms with Gasteiger partial charge in [0, 0.05) is 0 Å². The third-order valence-corrected chi connectivity index (χ3v) is 4.85. The molecule has 1 atom stereocenters. The molecule has 2 fully saturated rings. The Morgan fingerprint density at radius 3 is 2.44 bits per heavy atom. The summed E-state index contributed by atoms with van der Waals surface area (Å²) in [6, 6.07) is 6.56. The lowest BCUT2D eigenvalue weighted by Gasteiger charge is -2.30. The molecule has 2 N–H and O–H groups in total. The number of nitrogens with zero attached hydrogens (tertiary/aromatic N) is 1. The Morgan fingerprint density at radius 1 is 1.16 bits per heavy atom. The van der Waals surface area contributed by atoms with Gasteiger partial charge in [0.25, 0.3) is 5.91 Å². The van der Waals surface area contributed by atoms with Crippen molar-refractivity contribution in [2.45, 2.75) is 43.7 Å². The maximum absolute atomic E-state index is 12.6. The average molecular weight is 348 g/mol. The summed E-state index contributed by atoms with van der Waals surface area (Å²) < 4.78 is 10.6. The molecule has 1 saturated heterocycles. The maximum atomic E-state index is 12.6. The Balaban J connectivity index is 1.54. The number of amides is 3. The zero-order chi connectivity index (χ0) is 17.9. The van der Waals surface area contributed by atoms with E-state index < -0.39 is 17.7 Å². The van der Waals surface area contributed by atoms with Crippen molar-refractivity contribution in [1.82, 2.24) is 10.2 Å². The molecular formula is C18H24N2O5. The number of aliphatic hydroxyl groups excluding tert-OH is 1. The largest absolute Gasteiger partial charge is 0.497 e. The lowest BCUT2D eigenvalue weighted by atomic mass is 9.82. The topological polar surface area (TPSA) is 88.1 Å². The highest BCUT2D eigenvalue weighted by molar-refractivity contribution is 6.07. The van der Waals surface area contributed by atoms with E-state index in [1.165, 1.54) is 0 Å². The fourth-order valence-electron chi connectivity index (χ4n) is 3.46. The molecule has 25 heavy (non-hydrogen) atoms. The normalized spacial score (nSPS) is 20.5. The minimum atomic E-state index is -0.949. The lowest BCUT2D eigenvalue weighted by Crippen LogP contribution is -2.48. The maximum Gasteiger partial charge on any atom is 0.325 e. The van der Waals surface area contributed by atoms with Crippen LogP contribution in [-0.2, 0) is 4.79 Å². The first-order chi connectivity index (χ1) is 12.0. The Hall–Kier alpha value is -2.28. The highest BCUT2D eigenvalue weighted by Gasteiger charge is 2.51. The molecule has 1 spiro atoms. The predicted octanol–water partition coefficient (Wildman–Crippen LogP) is 1.69. The summed E-state index contributed by atoms with van der Waals surface area (Å²) >= 11 is 0. The summed E-state index contributed by atoms with van der Waals surface area (Å²) in [6.45, 7) is -0.0705. The number of methoxy groups -OCH3 is 1. The molecule has 0 bridgehead atoms. The Labute approximate surface area is 146 Å². The standard InChI is InChI=1S/C18H24N2O5/c1-24-14-5-7-15(8-6-14)25-12-13(21)11-20-16(22)18(19-17(20)23)9-3-2-4-10-18/h5-8,13,21H,2-4,9-12H2,1H3,(H,19,23)/t13-/m0/s1. The molecule has 1 aliphatic heterocycles. The number of imide groups is 1. The molecule has 1 aromatic rings. The third-order valence-electron chi connectivity index (χ3n) is 4.85. The number of β-amino-alcohol motifs (C(OH)–C–C–N with tert-alkyl or cyclic N) is 1. The van der Waals surface area contributed by atoms with Gasteiger partial charge in [0.15, 0.2) is 0 Å². The first-order valence-corrected chi connectivity index (χ1v) is 8.63. The van der Waals surface area contributed by atoms with Crippen LogP contribution in [0.4, 0.5) is 4.79 Å². The number of carbonyl (C=O) groups is 2. The highest BCUT2D eigenvalue weighted by atomic mass is 16.5. The van der Waals surface area contributed by atoms with Crippen LogP contribution < -0.4 is 14.8 Å². The van der Waals surface area contributed by atoms with Crippen LogP contribution in [0.3, 0.4) is 0 Å². The molecule has 7 heteroatoms. The minimum Gasteiger partial charge on any atom is -0.497 e. The third kappa shape index (κ3) is 3.71. The van der Waals surface area contributed by atoms with E-state index in [2.05, 4.69) is 5.32 Å². The van der Waals surface area contributed by atoms with Crippen LogP contribution in [-0.4, -0.2) is 53.8 Å². The van der Waals surface area contributed by atoms with Crippen molar-refractivity contribution in [2.75, 3.05) is 20.3 Å². The summed E-state index contributed by atoms with van der Waals surface area (Å²) in [7, 11) is 1.58. The van der Waals surface area contributed by atoms with E-state index >= 15 is 0 Å². The van der Waals surface area contributed by atoms with Crippen LogP contribution in [0.25, 0.3) is 0 Å². The zero-order valence-corrected chi connectivity index (χ0v) is 14.4. The van der Waals surface area contributed by atoms with Crippen LogP contribution in [0.1, 0.15) is 32.1 Å². The van der Waals surface area contributed by atoms with E-state index in [4.69, 9.17) is 9.47 Å². The SMILES string of the molecule is COc1ccc(OC[C@@H](O)CN2C(=O)NC3(CCCCC3)C2=O)cc1. The van der Waals surface area contributed by atoms with Gasteiger partial charge >= 0.3 is 6.03 Å².